The van der Waals surface area contributed by atoms with Gasteiger partial charge in [0.1, 0.15) is 32.2 Å². The maximum absolute atomic E-state index is 12.5. The van der Waals surface area contributed by atoms with Gasteiger partial charge in [-0.05, 0) is 38.1 Å². The third-order valence-electron chi connectivity index (χ3n) is 6.39. The van der Waals surface area contributed by atoms with Crippen molar-refractivity contribution in [1.29, 1.82) is 0 Å². The summed E-state index contributed by atoms with van der Waals surface area (Å²) in [4.78, 5) is 29.4. The number of nitrogens with one attached hydrogen (secondary N) is 4. The van der Waals surface area contributed by atoms with E-state index in [2.05, 4.69) is 35.1 Å². The zero-order valence-electron chi connectivity index (χ0n) is 17.3. The normalized spacial score (nSPS) is 25.6. The Balaban J connectivity index is 1.60. The fourth-order valence-corrected chi connectivity index (χ4v) is 5.70. The lowest BCUT2D eigenvalue weighted by Gasteiger charge is -2.36. The summed E-state index contributed by atoms with van der Waals surface area (Å²) in [6, 6.07) is 4.51. The maximum Gasteiger partial charge on any atom is 0.309 e. The number of rotatable bonds is 6. The maximum atomic E-state index is 12.5. The van der Waals surface area contributed by atoms with Crippen LogP contribution in [0.5, 0.6) is 0 Å². The lowest BCUT2D eigenvalue weighted by Crippen LogP contribution is -3.28. The summed E-state index contributed by atoms with van der Waals surface area (Å²) in [6.07, 6.45) is 5.48. The first-order valence-electron chi connectivity index (χ1n) is 10.9. The molecule has 1 aromatic heterocycles. The number of hydrogen-bond acceptors (Lipinski definition) is 3. The molecule has 2 atom stereocenters. The summed E-state index contributed by atoms with van der Waals surface area (Å²) in [5.41, 5.74) is 0. The Morgan fingerprint density at radius 3 is 2.46 bits per heavy atom. The molecule has 1 aromatic rings. The van der Waals surface area contributed by atoms with E-state index < -0.39 is 11.8 Å². The van der Waals surface area contributed by atoms with Gasteiger partial charge in [-0.1, -0.05) is 25.3 Å². The average Bonchev–Trinajstić information content (AvgIpc) is 3.23. The van der Waals surface area contributed by atoms with Crippen LogP contribution >= 0.6 is 11.3 Å². The van der Waals surface area contributed by atoms with E-state index in [4.69, 9.17) is 0 Å². The lowest BCUT2D eigenvalue weighted by atomic mass is 9.95. The molecule has 1 aliphatic heterocycles. The SMILES string of the molecule is CC[NH+]1CC[NH+]([C@H](c2cccs2)[C@H](C)NC(=O)C(=O)NC2CCCCC2)CC1. The monoisotopic (exact) mass is 408 g/mol. The molecular formula is C21H36N4O2S+2. The Bertz CT molecular complexity index is 622. The highest BCUT2D eigenvalue weighted by Crippen LogP contribution is 2.20. The summed E-state index contributed by atoms with van der Waals surface area (Å²) in [7, 11) is 0. The van der Waals surface area contributed by atoms with Crippen LogP contribution in [0.4, 0.5) is 0 Å². The first kappa shape index (κ1) is 21.3. The van der Waals surface area contributed by atoms with Gasteiger partial charge >= 0.3 is 11.8 Å². The number of carbonyl (C=O) groups is 2. The van der Waals surface area contributed by atoms with Gasteiger partial charge in [0.25, 0.3) is 0 Å². The second kappa shape index (κ2) is 10.4. The highest BCUT2D eigenvalue weighted by atomic mass is 32.1. The Kier molecular flexibility index (Phi) is 7.88. The molecule has 156 valence electrons. The molecule has 2 aliphatic rings. The van der Waals surface area contributed by atoms with Crippen LogP contribution in [-0.2, 0) is 9.59 Å². The summed E-state index contributed by atoms with van der Waals surface area (Å²) >= 11 is 1.74. The van der Waals surface area contributed by atoms with Gasteiger partial charge in [0, 0.05) is 6.04 Å². The van der Waals surface area contributed by atoms with Crippen LogP contribution < -0.4 is 20.4 Å². The molecular weight excluding hydrogens is 372 g/mol. The van der Waals surface area contributed by atoms with Crippen molar-refractivity contribution in [2.24, 2.45) is 0 Å². The van der Waals surface area contributed by atoms with Crippen molar-refractivity contribution < 1.29 is 19.4 Å². The summed E-state index contributed by atoms with van der Waals surface area (Å²) in [6.45, 7) is 9.98. The second-order valence-corrected chi connectivity index (χ2v) is 9.30. The van der Waals surface area contributed by atoms with E-state index in [-0.39, 0.29) is 18.1 Å². The van der Waals surface area contributed by atoms with E-state index in [0.717, 1.165) is 51.9 Å². The van der Waals surface area contributed by atoms with Crippen LogP contribution in [0.3, 0.4) is 0 Å². The van der Waals surface area contributed by atoms with Crippen LogP contribution in [0.2, 0.25) is 0 Å². The van der Waals surface area contributed by atoms with Crippen LogP contribution in [-0.4, -0.2) is 56.6 Å². The summed E-state index contributed by atoms with van der Waals surface area (Å²) < 4.78 is 0. The molecule has 0 bridgehead atoms. The molecule has 28 heavy (non-hydrogen) atoms. The average molecular weight is 409 g/mol. The molecule has 2 fully saturated rings. The van der Waals surface area contributed by atoms with Crippen molar-refractivity contribution in [3.05, 3.63) is 22.4 Å². The molecule has 3 rings (SSSR count). The first-order valence-corrected chi connectivity index (χ1v) is 11.8. The van der Waals surface area contributed by atoms with Gasteiger partial charge in [-0.25, -0.2) is 0 Å². The van der Waals surface area contributed by atoms with Crippen molar-refractivity contribution >= 4 is 23.2 Å². The Morgan fingerprint density at radius 2 is 1.86 bits per heavy atom. The molecule has 0 aromatic carbocycles. The number of hydrogen-bond donors (Lipinski definition) is 4. The third kappa shape index (κ3) is 5.55. The van der Waals surface area contributed by atoms with Crippen LogP contribution in [0.15, 0.2) is 17.5 Å². The van der Waals surface area contributed by atoms with E-state index >= 15 is 0 Å². The van der Waals surface area contributed by atoms with E-state index in [0.29, 0.717) is 0 Å². The topological polar surface area (TPSA) is 67.1 Å². The highest BCUT2D eigenvalue weighted by Gasteiger charge is 2.36. The minimum absolute atomic E-state index is 0.0820. The largest absolute Gasteiger partial charge is 0.345 e. The minimum atomic E-state index is -0.489. The van der Waals surface area contributed by atoms with Crippen molar-refractivity contribution in [3.63, 3.8) is 0 Å². The molecule has 4 N–H and O–H groups in total. The van der Waals surface area contributed by atoms with Gasteiger partial charge in [-0.3, -0.25) is 9.59 Å². The van der Waals surface area contributed by atoms with Crippen LogP contribution in [0.1, 0.15) is 56.9 Å². The molecule has 1 saturated heterocycles. The molecule has 1 saturated carbocycles. The number of carbonyl (C=O) groups excluding carboxylic acids is 2. The Hall–Kier alpha value is -1.44. The van der Waals surface area contributed by atoms with Gasteiger partial charge in [0.15, 0.2) is 0 Å². The fraction of sp³-hybridized carbons (Fsp3) is 0.714. The van der Waals surface area contributed by atoms with Gasteiger partial charge in [0.05, 0.1) is 17.5 Å². The minimum Gasteiger partial charge on any atom is -0.345 e. The number of piperazine rings is 1. The van der Waals surface area contributed by atoms with E-state index in [1.165, 1.54) is 22.7 Å². The fourth-order valence-electron chi connectivity index (χ4n) is 4.71. The predicted octanol–water partition coefficient (Wildman–Crippen LogP) is -0.454. The number of amides is 2. The van der Waals surface area contributed by atoms with Gasteiger partial charge < -0.3 is 20.4 Å². The van der Waals surface area contributed by atoms with Crippen LogP contribution in [0.25, 0.3) is 0 Å². The van der Waals surface area contributed by atoms with Crippen molar-refractivity contribution in [2.45, 2.75) is 64.1 Å². The smallest absolute Gasteiger partial charge is 0.309 e. The molecule has 7 heteroatoms. The van der Waals surface area contributed by atoms with Crippen molar-refractivity contribution in [2.75, 3.05) is 32.7 Å². The standard InChI is InChI=1S/C21H34N4O2S/c1-3-24-11-13-25(14-12-24)19(18-10-7-15-28-18)16(2)22-20(26)21(27)23-17-8-5-4-6-9-17/h7,10,15-17,19H,3-6,8-9,11-14H2,1-2H3,(H,22,26)(H,23,27)/p+2/t16-,19-/m0/s1. The molecule has 2 amide bonds. The van der Waals surface area contributed by atoms with Crippen molar-refractivity contribution in [1.82, 2.24) is 10.6 Å². The number of likely N-dealkylation sites (N-methyl/N-ethyl adjacent to an activating group) is 1. The summed E-state index contributed by atoms with van der Waals surface area (Å²) in [5.74, 6) is -0.962. The second-order valence-electron chi connectivity index (χ2n) is 8.33. The first-order chi connectivity index (χ1) is 13.6. The van der Waals surface area contributed by atoms with E-state index in [1.807, 2.05) is 6.92 Å². The van der Waals surface area contributed by atoms with E-state index in [9.17, 15) is 9.59 Å². The Labute approximate surface area is 172 Å². The molecule has 6 nitrogen and oxygen atoms in total. The number of quaternary nitrogens is 2. The van der Waals surface area contributed by atoms with Gasteiger partial charge in [-0.15, -0.1) is 11.3 Å². The number of thiophene rings is 1. The molecule has 2 heterocycles. The Morgan fingerprint density at radius 1 is 1.14 bits per heavy atom. The van der Waals surface area contributed by atoms with Gasteiger partial charge in [0.2, 0.25) is 0 Å². The quantitative estimate of drug-likeness (QED) is 0.482. The zero-order valence-corrected chi connectivity index (χ0v) is 18.1. The predicted molar refractivity (Wildman–Crippen MR) is 112 cm³/mol. The van der Waals surface area contributed by atoms with Crippen molar-refractivity contribution in [3.8, 4) is 0 Å². The molecule has 0 radical (unpaired) electrons. The van der Waals surface area contributed by atoms with E-state index in [1.54, 1.807) is 16.2 Å². The molecule has 1 aliphatic carbocycles. The summed E-state index contributed by atoms with van der Waals surface area (Å²) in [5, 5.41) is 8.04. The lowest BCUT2D eigenvalue weighted by molar-refractivity contribution is -1.03. The van der Waals surface area contributed by atoms with Gasteiger partial charge in [-0.2, -0.15) is 0 Å². The molecule has 0 unspecified atom stereocenters. The highest BCUT2D eigenvalue weighted by molar-refractivity contribution is 7.10. The molecule has 0 spiro atoms. The third-order valence-corrected chi connectivity index (χ3v) is 7.35. The van der Waals surface area contributed by atoms with Crippen LogP contribution in [0, 0.1) is 0 Å². The zero-order chi connectivity index (χ0) is 19.9.